The molecule has 1 saturated carbocycles. The maximum atomic E-state index is 12.1. The third-order valence-electron chi connectivity index (χ3n) is 3.81. The molecule has 1 amide bonds. The molecule has 7 N–H and O–H groups in total. The van der Waals surface area contributed by atoms with Gasteiger partial charge in [0.2, 0.25) is 0 Å². The minimum atomic E-state index is -0.492. The highest BCUT2D eigenvalue weighted by atomic mass is 16.1. The molecular weight excluding hydrogens is 306 g/mol. The molecule has 0 radical (unpaired) electrons. The maximum absolute atomic E-state index is 12.1. The zero-order valence-electron chi connectivity index (χ0n) is 14.3. The second kappa shape index (κ2) is 7.41. The Morgan fingerprint density at radius 3 is 2.62 bits per heavy atom. The second-order valence-corrected chi connectivity index (χ2v) is 6.05. The zero-order chi connectivity index (χ0) is 17.9. The van der Waals surface area contributed by atoms with E-state index in [-0.39, 0.29) is 11.7 Å². The summed E-state index contributed by atoms with van der Waals surface area (Å²) in [6.45, 7) is 5.52. The molecule has 2 aromatic rings. The number of nitrogens with one attached hydrogen (secondary N) is 3. The Kier molecular flexibility index (Phi) is 5.53. The SMILES string of the molecule is Cc1cc(C)n2ccc(C(=O)NC(C)C(=N)N)c2n1.NNC1CC1. The average molecular weight is 331 g/mol. The number of hydrogen-bond acceptors (Lipinski definition) is 5. The number of fused-ring (bicyclic) bond motifs is 1. The van der Waals surface area contributed by atoms with E-state index in [0.29, 0.717) is 17.3 Å². The van der Waals surface area contributed by atoms with Crippen molar-refractivity contribution in [2.45, 2.75) is 45.7 Å². The van der Waals surface area contributed by atoms with E-state index < -0.39 is 6.04 Å². The van der Waals surface area contributed by atoms with E-state index in [2.05, 4.69) is 15.7 Å². The summed E-state index contributed by atoms with van der Waals surface area (Å²) in [6, 6.07) is 3.84. The van der Waals surface area contributed by atoms with Gasteiger partial charge in [-0.1, -0.05) is 0 Å². The Labute approximate surface area is 141 Å². The number of carbonyl (C=O) groups is 1. The fourth-order valence-corrected chi connectivity index (χ4v) is 2.17. The molecule has 2 aromatic heterocycles. The molecule has 1 unspecified atom stereocenters. The predicted octanol–water partition coefficient (Wildman–Crippen LogP) is 0.618. The van der Waals surface area contributed by atoms with Crippen molar-refractivity contribution >= 4 is 17.4 Å². The van der Waals surface area contributed by atoms with Crippen molar-refractivity contribution < 1.29 is 4.79 Å². The van der Waals surface area contributed by atoms with Gasteiger partial charge in [0.1, 0.15) is 11.5 Å². The summed E-state index contributed by atoms with van der Waals surface area (Å²) in [4.78, 5) is 16.5. The highest BCUT2D eigenvalue weighted by Crippen LogP contribution is 2.16. The minimum absolute atomic E-state index is 0.0721. The highest BCUT2D eigenvalue weighted by Gasteiger charge is 2.18. The van der Waals surface area contributed by atoms with Crippen LogP contribution in [0.3, 0.4) is 0 Å². The third-order valence-corrected chi connectivity index (χ3v) is 3.81. The molecule has 0 bridgehead atoms. The summed E-state index contributed by atoms with van der Waals surface area (Å²) in [5.41, 5.74) is 11.0. The highest BCUT2D eigenvalue weighted by molar-refractivity contribution is 6.02. The van der Waals surface area contributed by atoms with E-state index >= 15 is 0 Å². The Balaban J connectivity index is 0.000000355. The van der Waals surface area contributed by atoms with E-state index in [0.717, 1.165) is 11.4 Å². The van der Waals surface area contributed by atoms with Gasteiger partial charge in [0.05, 0.1) is 11.6 Å². The third kappa shape index (κ3) is 4.30. The van der Waals surface area contributed by atoms with Gasteiger partial charge in [-0.05, 0) is 45.7 Å². The molecule has 1 aliphatic carbocycles. The Morgan fingerprint density at radius 2 is 2.12 bits per heavy atom. The Hall–Kier alpha value is -2.45. The zero-order valence-corrected chi connectivity index (χ0v) is 14.3. The molecule has 1 atom stereocenters. The molecule has 0 aromatic carbocycles. The molecule has 2 heterocycles. The van der Waals surface area contributed by atoms with Gasteiger partial charge in [-0.15, -0.1) is 0 Å². The lowest BCUT2D eigenvalue weighted by Crippen LogP contribution is -2.41. The number of aromatic nitrogens is 2. The molecular formula is C16H25N7O. The van der Waals surface area contributed by atoms with Gasteiger partial charge in [0.15, 0.2) is 0 Å². The molecule has 1 fully saturated rings. The number of hydrazine groups is 1. The second-order valence-electron chi connectivity index (χ2n) is 6.05. The summed E-state index contributed by atoms with van der Waals surface area (Å²) in [6.07, 6.45) is 4.36. The number of nitrogens with two attached hydrogens (primary N) is 2. The molecule has 8 heteroatoms. The van der Waals surface area contributed by atoms with Crippen molar-refractivity contribution in [3.8, 4) is 0 Å². The van der Waals surface area contributed by atoms with Gasteiger partial charge in [0, 0.05) is 23.6 Å². The molecule has 3 rings (SSSR count). The number of amidine groups is 1. The molecule has 130 valence electrons. The van der Waals surface area contributed by atoms with Gasteiger partial charge in [-0.3, -0.25) is 21.5 Å². The van der Waals surface area contributed by atoms with Crippen molar-refractivity contribution in [2.24, 2.45) is 11.6 Å². The van der Waals surface area contributed by atoms with Crippen molar-refractivity contribution in [1.82, 2.24) is 20.1 Å². The standard InChI is InChI=1S/C13H17N5O.C3H8N2/c1-7-6-8(2)18-5-4-10(12(18)16-7)13(19)17-9(3)11(14)15;4-5-3-1-2-3/h4-6,9H,1-3H3,(H3,14,15)(H,17,19);3,5H,1-2,4H2. The molecule has 8 nitrogen and oxygen atoms in total. The van der Waals surface area contributed by atoms with Crippen LogP contribution >= 0.6 is 0 Å². The van der Waals surface area contributed by atoms with Crippen LogP contribution in [0.25, 0.3) is 5.65 Å². The van der Waals surface area contributed by atoms with Crippen molar-refractivity contribution in [2.75, 3.05) is 0 Å². The topological polar surface area (TPSA) is 134 Å². The molecule has 0 aliphatic heterocycles. The van der Waals surface area contributed by atoms with Gasteiger partial charge in [0.25, 0.3) is 5.91 Å². The number of rotatable bonds is 4. The van der Waals surface area contributed by atoms with Crippen LogP contribution in [-0.4, -0.2) is 33.2 Å². The first-order chi connectivity index (χ1) is 11.3. The molecule has 24 heavy (non-hydrogen) atoms. The van der Waals surface area contributed by atoms with Gasteiger partial charge >= 0.3 is 0 Å². The predicted molar refractivity (Wildman–Crippen MR) is 93.9 cm³/mol. The quantitative estimate of drug-likeness (QED) is 0.242. The lowest BCUT2D eigenvalue weighted by molar-refractivity contribution is 0.0950. The van der Waals surface area contributed by atoms with Gasteiger partial charge < -0.3 is 15.5 Å². The lowest BCUT2D eigenvalue weighted by Gasteiger charge is -2.11. The van der Waals surface area contributed by atoms with Crippen molar-refractivity contribution in [3.63, 3.8) is 0 Å². The number of nitrogens with zero attached hydrogens (tertiary/aromatic N) is 2. The summed E-state index contributed by atoms with van der Waals surface area (Å²) < 4.78 is 1.86. The monoisotopic (exact) mass is 331 g/mol. The smallest absolute Gasteiger partial charge is 0.255 e. The van der Waals surface area contributed by atoms with E-state index in [1.54, 1.807) is 13.0 Å². The Bertz CT molecular complexity index is 748. The van der Waals surface area contributed by atoms with Crippen molar-refractivity contribution in [3.05, 3.63) is 35.3 Å². The summed E-state index contributed by atoms with van der Waals surface area (Å²) >= 11 is 0. The first-order valence-corrected chi connectivity index (χ1v) is 7.89. The first-order valence-electron chi connectivity index (χ1n) is 7.89. The van der Waals surface area contributed by atoms with Crippen LogP contribution in [0, 0.1) is 19.3 Å². The largest absolute Gasteiger partial charge is 0.386 e. The van der Waals surface area contributed by atoms with Crippen LogP contribution in [0.4, 0.5) is 0 Å². The number of carbonyl (C=O) groups excluding carboxylic acids is 1. The van der Waals surface area contributed by atoms with Crippen LogP contribution in [0.2, 0.25) is 0 Å². The van der Waals surface area contributed by atoms with E-state index in [4.69, 9.17) is 17.0 Å². The van der Waals surface area contributed by atoms with E-state index in [1.165, 1.54) is 12.8 Å². The van der Waals surface area contributed by atoms with E-state index in [9.17, 15) is 4.79 Å². The molecule has 0 saturated heterocycles. The van der Waals surface area contributed by atoms with Crippen LogP contribution in [0.5, 0.6) is 0 Å². The molecule has 1 aliphatic rings. The number of amides is 1. The molecule has 0 spiro atoms. The normalized spacial score (nSPS) is 14.7. The lowest BCUT2D eigenvalue weighted by atomic mass is 10.2. The van der Waals surface area contributed by atoms with Crippen molar-refractivity contribution in [1.29, 1.82) is 5.41 Å². The summed E-state index contributed by atoms with van der Waals surface area (Å²) in [5, 5.41) is 9.96. The number of hydrogen-bond donors (Lipinski definition) is 5. The Morgan fingerprint density at radius 1 is 1.46 bits per heavy atom. The van der Waals surface area contributed by atoms with Crippen LogP contribution in [0.15, 0.2) is 18.3 Å². The summed E-state index contributed by atoms with van der Waals surface area (Å²) in [7, 11) is 0. The summed E-state index contributed by atoms with van der Waals surface area (Å²) in [5.74, 6) is 4.64. The average Bonchev–Trinajstić information content (AvgIpc) is 3.26. The first kappa shape index (κ1) is 17.9. The van der Waals surface area contributed by atoms with Gasteiger partial charge in [-0.2, -0.15) is 0 Å². The van der Waals surface area contributed by atoms with E-state index in [1.807, 2.05) is 30.5 Å². The fraction of sp³-hybridized carbons (Fsp3) is 0.438. The van der Waals surface area contributed by atoms with Crippen LogP contribution in [0.1, 0.15) is 41.5 Å². The number of aryl methyl sites for hydroxylation is 2. The van der Waals surface area contributed by atoms with Crippen LogP contribution < -0.4 is 22.3 Å². The van der Waals surface area contributed by atoms with Gasteiger partial charge in [-0.25, -0.2) is 4.98 Å². The maximum Gasteiger partial charge on any atom is 0.255 e. The fourth-order valence-electron chi connectivity index (χ4n) is 2.17. The van der Waals surface area contributed by atoms with Crippen LogP contribution in [-0.2, 0) is 0 Å². The minimum Gasteiger partial charge on any atom is -0.386 e.